The summed E-state index contributed by atoms with van der Waals surface area (Å²) in [7, 11) is 2.16. The van der Waals surface area contributed by atoms with E-state index in [1.54, 1.807) is 30.5 Å². The summed E-state index contributed by atoms with van der Waals surface area (Å²) in [6.07, 6.45) is 3.41. The van der Waals surface area contributed by atoms with Crippen LogP contribution in [0.4, 0.5) is 14.6 Å². The zero-order chi connectivity index (χ0) is 27.4. The predicted molar refractivity (Wildman–Crippen MR) is 153 cm³/mol. The summed E-state index contributed by atoms with van der Waals surface area (Å²) in [6.45, 7) is 8.93. The van der Waals surface area contributed by atoms with Gasteiger partial charge >= 0.3 is 0 Å². The second-order valence-corrected chi connectivity index (χ2v) is 12.1. The fraction of sp³-hybridized carbons (Fsp3) is 0.333. The van der Waals surface area contributed by atoms with E-state index in [2.05, 4.69) is 49.9 Å². The number of pyridine rings is 2. The predicted octanol–water partition coefficient (Wildman–Crippen LogP) is 8.61. The zero-order valence-electron chi connectivity index (χ0n) is 22.0. The molecule has 4 aromatic rings. The van der Waals surface area contributed by atoms with Crippen LogP contribution in [0.25, 0.3) is 33.3 Å². The largest absolute Gasteiger partial charge is 0.367 e. The Bertz CT molecular complexity index is 1500. The van der Waals surface area contributed by atoms with Crippen LogP contribution in [0.3, 0.4) is 0 Å². The Morgan fingerprint density at radius 3 is 2.21 bits per heavy atom. The highest BCUT2D eigenvalue weighted by atomic mass is 35.5. The van der Waals surface area contributed by atoms with Gasteiger partial charge in [-0.2, -0.15) is 0 Å². The average molecular weight is 556 g/mol. The van der Waals surface area contributed by atoms with Gasteiger partial charge in [0, 0.05) is 45.9 Å². The maximum Gasteiger partial charge on any atom is 0.133 e. The van der Waals surface area contributed by atoms with E-state index >= 15 is 4.39 Å². The number of benzene rings is 2. The fourth-order valence-electron chi connectivity index (χ4n) is 5.75. The lowest BCUT2D eigenvalue weighted by Crippen LogP contribution is -2.61. The third-order valence-electron chi connectivity index (χ3n) is 7.81. The van der Waals surface area contributed by atoms with Crippen molar-refractivity contribution >= 4 is 39.9 Å². The van der Waals surface area contributed by atoms with Gasteiger partial charge in [0.1, 0.15) is 17.5 Å². The maximum absolute atomic E-state index is 15.1. The lowest BCUT2D eigenvalue weighted by atomic mass is 9.77. The Balaban J connectivity index is 1.72. The zero-order valence-corrected chi connectivity index (χ0v) is 23.6. The van der Waals surface area contributed by atoms with Crippen LogP contribution in [0.5, 0.6) is 0 Å². The fourth-order valence-corrected chi connectivity index (χ4v) is 6.32. The van der Waals surface area contributed by atoms with Gasteiger partial charge in [-0.25, -0.2) is 13.8 Å². The molecule has 1 N–H and O–H groups in total. The Morgan fingerprint density at radius 1 is 0.921 bits per heavy atom. The number of aromatic nitrogens is 2. The standard InChI is InChI=1S/C30H30Cl2F2N4/c1-29(2)15-18(16-30(3,4)38(29)5)36-25-14-21(19-10-9-17(33)13-24(19)34)20-11-12-35-28(27(20)37-25)26-22(31)7-6-8-23(26)32/h6-14,18H,15-16H2,1-5H3,(H,36,37). The smallest absolute Gasteiger partial charge is 0.133 e. The highest BCUT2D eigenvalue weighted by molar-refractivity contribution is 6.39. The molecule has 4 nitrogen and oxygen atoms in total. The van der Waals surface area contributed by atoms with E-state index in [0.29, 0.717) is 43.6 Å². The number of anilines is 1. The van der Waals surface area contributed by atoms with Crippen molar-refractivity contribution in [2.75, 3.05) is 12.4 Å². The molecule has 38 heavy (non-hydrogen) atoms. The van der Waals surface area contributed by atoms with Gasteiger partial charge < -0.3 is 5.32 Å². The van der Waals surface area contributed by atoms with Crippen LogP contribution >= 0.6 is 23.2 Å². The van der Waals surface area contributed by atoms with E-state index in [0.717, 1.165) is 18.9 Å². The Kier molecular flexibility index (Phi) is 6.87. The minimum absolute atomic E-state index is 0.0417. The van der Waals surface area contributed by atoms with Crippen LogP contribution in [0.2, 0.25) is 10.0 Å². The van der Waals surface area contributed by atoms with Crippen molar-refractivity contribution in [1.29, 1.82) is 0 Å². The van der Waals surface area contributed by atoms with Gasteiger partial charge in [-0.3, -0.25) is 9.88 Å². The lowest BCUT2D eigenvalue weighted by molar-refractivity contribution is -0.00772. The van der Waals surface area contributed by atoms with Crippen molar-refractivity contribution < 1.29 is 8.78 Å². The summed E-state index contributed by atoms with van der Waals surface area (Å²) in [5.41, 5.74) is 2.34. The number of halogens is 4. The maximum atomic E-state index is 15.1. The Labute approximate surface area is 232 Å². The summed E-state index contributed by atoms with van der Waals surface area (Å²) in [5, 5.41) is 5.16. The van der Waals surface area contributed by atoms with Crippen LogP contribution in [0.1, 0.15) is 40.5 Å². The molecule has 0 radical (unpaired) electrons. The van der Waals surface area contributed by atoms with E-state index in [1.807, 2.05) is 6.07 Å². The molecule has 0 bridgehead atoms. The van der Waals surface area contributed by atoms with Crippen molar-refractivity contribution in [2.24, 2.45) is 0 Å². The van der Waals surface area contributed by atoms with Crippen molar-refractivity contribution in [3.8, 4) is 22.4 Å². The van der Waals surface area contributed by atoms with Crippen molar-refractivity contribution in [3.63, 3.8) is 0 Å². The van der Waals surface area contributed by atoms with Gasteiger partial charge in [0.25, 0.3) is 0 Å². The van der Waals surface area contributed by atoms with E-state index in [1.165, 1.54) is 12.1 Å². The highest BCUT2D eigenvalue weighted by Crippen LogP contribution is 2.42. The number of likely N-dealkylation sites (tertiary alicyclic amines) is 1. The first-order valence-corrected chi connectivity index (χ1v) is 13.3. The number of piperidine rings is 1. The molecular formula is C30H30Cl2F2N4. The van der Waals surface area contributed by atoms with Gasteiger partial charge in [-0.1, -0.05) is 29.3 Å². The van der Waals surface area contributed by atoms with E-state index < -0.39 is 11.6 Å². The van der Waals surface area contributed by atoms with Crippen LogP contribution in [0.15, 0.2) is 54.7 Å². The molecule has 198 valence electrons. The van der Waals surface area contributed by atoms with E-state index in [-0.39, 0.29) is 22.7 Å². The highest BCUT2D eigenvalue weighted by Gasteiger charge is 2.43. The third kappa shape index (κ3) is 4.86. The van der Waals surface area contributed by atoms with E-state index in [9.17, 15) is 4.39 Å². The van der Waals surface area contributed by atoms with Crippen LogP contribution in [-0.4, -0.2) is 39.0 Å². The van der Waals surface area contributed by atoms with Crippen LogP contribution in [-0.2, 0) is 0 Å². The van der Waals surface area contributed by atoms with Crippen LogP contribution < -0.4 is 5.32 Å². The number of nitrogens with zero attached hydrogens (tertiary/aromatic N) is 3. The molecule has 0 amide bonds. The van der Waals surface area contributed by atoms with Crippen molar-refractivity contribution in [3.05, 3.63) is 76.4 Å². The summed E-state index contributed by atoms with van der Waals surface area (Å²) < 4.78 is 28.9. The number of fused-ring (bicyclic) bond motifs is 1. The lowest BCUT2D eigenvalue weighted by Gasteiger charge is -2.53. The number of rotatable bonds is 4. The van der Waals surface area contributed by atoms with Gasteiger partial charge in [0.15, 0.2) is 0 Å². The minimum Gasteiger partial charge on any atom is -0.367 e. The first-order valence-electron chi connectivity index (χ1n) is 12.6. The topological polar surface area (TPSA) is 41.0 Å². The average Bonchev–Trinajstić information content (AvgIpc) is 2.82. The summed E-state index contributed by atoms with van der Waals surface area (Å²) >= 11 is 13.1. The minimum atomic E-state index is -0.654. The van der Waals surface area contributed by atoms with Crippen molar-refractivity contribution in [2.45, 2.75) is 57.7 Å². The number of hydrogen-bond acceptors (Lipinski definition) is 4. The summed E-state index contributed by atoms with van der Waals surface area (Å²) in [5.74, 6) is -0.710. The molecule has 1 saturated heterocycles. The van der Waals surface area contributed by atoms with Gasteiger partial charge in [-0.05, 0) is 89.5 Å². The first-order chi connectivity index (χ1) is 17.9. The molecule has 1 aliphatic heterocycles. The van der Waals surface area contributed by atoms with Gasteiger partial charge in [-0.15, -0.1) is 0 Å². The summed E-state index contributed by atoms with van der Waals surface area (Å²) in [6, 6.07) is 12.6. The quantitative estimate of drug-likeness (QED) is 0.274. The number of hydrogen-bond donors (Lipinski definition) is 1. The monoisotopic (exact) mass is 554 g/mol. The molecule has 2 aromatic heterocycles. The molecule has 3 heterocycles. The molecule has 1 fully saturated rings. The molecule has 2 aromatic carbocycles. The normalized spacial score (nSPS) is 17.6. The molecule has 0 unspecified atom stereocenters. The van der Waals surface area contributed by atoms with Crippen molar-refractivity contribution in [1.82, 2.24) is 14.9 Å². The Morgan fingerprint density at radius 2 is 1.58 bits per heavy atom. The molecule has 0 atom stereocenters. The Hall–Kier alpha value is -2.80. The molecule has 8 heteroatoms. The first kappa shape index (κ1) is 26.8. The molecule has 5 rings (SSSR count). The van der Waals surface area contributed by atoms with E-state index in [4.69, 9.17) is 28.2 Å². The second-order valence-electron chi connectivity index (χ2n) is 11.3. The van der Waals surface area contributed by atoms with Gasteiger partial charge in [0.05, 0.1) is 21.3 Å². The second kappa shape index (κ2) is 9.74. The summed E-state index contributed by atoms with van der Waals surface area (Å²) in [4.78, 5) is 12.0. The molecule has 0 aliphatic carbocycles. The third-order valence-corrected chi connectivity index (χ3v) is 8.44. The molecule has 0 spiro atoms. The molecule has 0 saturated carbocycles. The molecular weight excluding hydrogens is 525 g/mol. The molecule has 1 aliphatic rings. The van der Waals surface area contributed by atoms with Crippen LogP contribution in [0, 0.1) is 11.6 Å². The van der Waals surface area contributed by atoms with Gasteiger partial charge in [0.2, 0.25) is 0 Å². The SMILES string of the molecule is CN1C(C)(C)CC(Nc2cc(-c3ccc(F)cc3F)c3ccnc(-c4c(Cl)cccc4Cl)c3n2)CC1(C)C. The number of nitrogens with one attached hydrogen (secondary N) is 1.